The lowest BCUT2D eigenvalue weighted by Crippen LogP contribution is -2.10. The monoisotopic (exact) mass is 329 g/mol. The molecule has 2 atom stereocenters. The van der Waals surface area contributed by atoms with E-state index >= 15 is 0 Å². The Morgan fingerprint density at radius 3 is 2.94 bits per heavy atom. The van der Waals surface area contributed by atoms with Gasteiger partial charge in [-0.3, -0.25) is 4.79 Å². The number of aliphatic hydroxyl groups excluding tert-OH is 1. The van der Waals surface area contributed by atoms with E-state index in [-0.39, 0.29) is 5.91 Å². The number of carbonyl (C=O) groups excluding carboxylic acids is 1. The third-order valence-electron chi connectivity index (χ3n) is 3.13. The van der Waals surface area contributed by atoms with Crippen molar-refractivity contribution in [3.8, 4) is 0 Å². The first-order chi connectivity index (χ1) is 8.52. The highest BCUT2D eigenvalue weighted by Gasteiger charge is 2.29. The number of carbonyl (C=O) groups is 1. The first-order valence-corrected chi connectivity index (χ1v) is 7.76. The van der Waals surface area contributed by atoms with Crippen LogP contribution in [0.25, 0.3) is 0 Å². The molecule has 2 rings (SSSR count). The minimum absolute atomic E-state index is 0.346. The summed E-state index contributed by atoms with van der Waals surface area (Å²) in [4.78, 5) is 12.5. The molecule has 0 spiro atoms. The van der Waals surface area contributed by atoms with Crippen molar-refractivity contribution in [2.75, 3.05) is 11.1 Å². The summed E-state index contributed by atoms with van der Waals surface area (Å²) in [6, 6.07) is 3.76. The van der Waals surface area contributed by atoms with E-state index < -0.39 is 6.10 Å². The minimum atomic E-state index is -1.04. The highest BCUT2D eigenvalue weighted by Crippen LogP contribution is 2.39. The molecule has 1 heterocycles. The molecule has 98 valence electrons. The Labute approximate surface area is 119 Å². The lowest BCUT2D eigenvalue weighted by atomic mass is 10.1. The van der Waals surface area contributed by atoms with Crippen molar-refractivity contribution in [1.29, 1.82) is 0 Å². The van der Waals surface area contributed by atoms with Gasteiger partial charge in [-0.25, -0.2) is 0 Å². The maximum atomic E-state index is 11.4. The third-order valence-corrected chi connectivity index (χ3v) is 5.43. The lowest BCUT2D eigenvalue weighted by molar-refractivity contribution is -0.123. The zero-order chi connectivity index (χ0) is 13.3. The molecule has 0 bridgehead atoms. The fourth-order valence-electron chi connectivity index (χ4n) is 1.71. The molecule has 1 aliphatic heterocycles. The minimum Gasteiger partial charge on any atom is -0.378 e. The van der Waals surface area contributed by atoms with Crippen LogP contribution >= 0.6 is 27.7 Å². The smallest absolute Gasteiger partial charge is 0.257 e. The van der Waals surface area contributed by atoms with E-state index in [1.807, 2.05) is 12.1 Å². The van der Waals surface area contributed by atoms with Crippen molar-refractivity contribution >= 4 is 39.3 Å². The first kappa shape index (κ1) is 13.9. The Morgan fingerprint density at radius 2 is 2.28 bits per heavy atom. The first-order valence-electron chi connectivity index (χ1n) is 5.98. The van der Waals surface area contributed by atoms with Gasteiger partial charge in [0, 0.05) is 26.4 Å². The number of amides is 1. The molecule has 0 saturated heterocycles. The average molecular weight is 330 g/mol. The second-order valence-corrected chi connectivity index (χ2v) is 6.50. The summed E-state index contributed by atoms with van der Waals surface area (Å²) in [5, 5.41) is 12.4. The van der Waals surface area contributed by atoms with Crippen molar-refractivity contribution in [3.63, 3.8) is 0 Å². The van der Waals surface area contributed by atoms with Crippen molar-refractivity contribution in [3.05, 3.63) is 22.2 Å². The van der Waals surface area contributed by atoms with Gasteiger partial charge in [0.05, 0.1) is 0 Å². The number of rotatable bonds is 4. The van der Waals surface area contributed by atoms with Gasteiger partial charge in [-0.1, -0.05) is 20.3 Å². The summed E-state index contributed by atoms with van der Waals surface area (Å²) in [6.45, 7) is 4.40. The molecular formula is C13H16BrNO2S. The van der Waals surface area contributed by atoms with Crippen LogP contribution in [0, 0.1) is 5.92 Å². The topological polar surface area (TPSA) is 49.3 Å². The van der Waals surface area contributed by atoms with Gasteiger partial charge in [0.1, 0.15) is 0 Å². The zero-order valence-electron chi connectivity index (χ0n) is 10.4. The van der Waals surface area contributed by atoms with Crippen LogP contribution in [-0.4, -0.2) is 16.8 Å². The molecule has 18 heavy (non-hydrogen) atoms. The number of thioether (sulfide) groups is 1. The molecule has 3 nitrogen and oxygen atoms in total. The molecule has 1 aromatic rings. The Morgan fingerprint density at radius 1 is 1.56 bits per heavy atom. The molecule has 0 aromatic heterocycles. The molecule has 0 fully saturated rings. The summed E-state index contributed by atoms with van der Waals surface area (Å²) in [5.74, 6) is 1.36. The molecule has 2 N–H and O–H groups in total. The van der Waals surface area contributed by atoms with Crippen molar-refractivity contribution < 1.29 is 9.90 Å². The highest BCUT2D eigenvalue weighted by atomic mass is 79.9. The van der Waals surface area contributed by atoms with Crippen molar-refractivity contribution in [2.45, 2.75) is 31.3 Å². The SMILES string of the molecule is CCC(C)CSc1cc2c(cc1Br)C(O)C(=O)N2. The Bertz CT molecular complexity index is 478. The van der Waals surface area contributed by atoms with Gasteiger partial charge in [0.2, 0.25) is 0 Å². The number of hydrogen-bond acceptors (Lipinski definition) is 3. The number of aliphatic hydroxyl groups is 1. The highest BCUT2D eigenvalue weighted by molar-refractivity contribution is 9.10. The molecule has 1 aliphatic rings. The van der Waals surface area contributed by atoms with Gasteiger partial charge in [-0.2, -0.15) is 0 Å². The van der Waals surface area contributed by atoms with Crippen LogP contribution < -0.4 is 5.32 Å². The Balaban J connectivity index is 2.19. The predicted molar refractivity (Wildman–Crippen MR) is 77.9 cm³/mol. The quantitative estimate of drug-likeness (QED) is 0.830. The van der Waals surface area contributed by atoms with E-state index in [0.717, 1.165) is 27.2 Å². The molecule has 0 radical (unpaired) electrons. The average Bonchev–Trinajstić information content (AvgIpc) is 2.62. The van der Waals surface area contributed by atoms with Gasteiger partial charge in [0.25, 0.3) is 5.91 Å². The molecule has 1 aromatic carbocycles. The van der Waals surface area contributed by atoms with Gasteiger partial charge >= 0.3 is 0 Å². The number of benzene rings is 1. The number of hydrogen-bond donors (Lipinski definition) is 2. The molecule has 5 heteroatoms. The maximum absolute atomic E-state index is 11.4. The molecule has 0 saturated carbocycles. The van der Waals surface area contributed by atoms with Crippen molar-refractivity contribution in [1.82, 2.24) is 0 Å². The number of nitrogens with one attached hydrogen (secondary N) is 1. The van der Waals surface area contributed by atoms with Gasteiger partial charge in [-0.05, 0) is 34.0 Å². The number of halogens is 1. The summed E-state index contributed by atoms with van der Waals surface area (Å²) in [6.07, 6.45) is 0.121. The fraction of sp³-hybridized carbons (Fsp3) is 0.462. The van der Waals surface area contributed by atoms with E-state index in [2.05, 4.69) is 35.1 Å². The normalized spacial score (nSPS) is 19.6. The number of fused-ring (bicyclic) bond motifs is 1. The Kier molecular flexibility index (Phi) is 4.35. The molecule has 2 unspecified atom stereocenters. The fourth-order valence-corrected chi connectivity index (χ4v) is 3.51. The summed E-state index contributed by atoms with van der Waals surface area (Å²) >= 11 is 5.27. The molecule has 0 aliphatic carbocycles. The predicted octanol–water partition coefficient (Wildman–Crippen LogP) is 3.57. The van der Waals surface area contributed by atoms with Crippen LogP contribution in [0.15, 0.2) is 21.5 Å². The standard InChI is InChI=1S/C13H16BrNO2S/c1-3-7(2)6-18-11-5-10-8(4-9(11)14)12(16)13(17)15-10/h4-5,7,12,16H,3,6H2,1-2H3,(H,15,17). The maximum Gasteiger partial charge on any atom is 0.257 e. The van der Waals surface area contributed by atoms with Crippen LogP contribution in [0.1, 0.15) is 31.9 Å². The van der Waals surface area contributed by atoms with Gasteiger partial charge in [0.15, 0.2) is 6.10 Å². The second-order valence-electron chi connectivity index (χ2n) is 4.59. The van der Waals surface area contributed by atoms with Crippen LogP contribution in [-0.2, 0) is 4.79 Å². The van der Waals surface area contributed by atoms with E-state index in [0.29, 0.717) is 11.5 Å². The summed E-state index contributed by atoms with van der Waals surface area (Å²) < 4.78 is 0.935. The van der Waals surface area contributed by atoms with Crippen LogP contribution in [0.5, 0.6) is 0 Å². The third kappa shape index (κ3) is 2.73. The molecular weight excluding hydrogens is 314 g/mol. The van der Waals surface area contributed by atoms with Crippen LogP contribution in [0.3, 0.4) is 0 Å². The second kappa shape index (κ2) is 5.63. The zero-order valence-corrected chi connectivity index (χ0v) is 12.8. The number of anilines is 1. The lowest BCUT2D eigenvalue weighted by Gasteiger charge is -2.11. The van der Waals surface area contributed by atoms with Gasteiger partial charge < -0.3 is 10.4 Å². The van der Waals surface area contributed by atoms with Crippen molar-refractivity contribution in [2.24, 2.45) is 5.92 Å². The van der Waals surface area contributed by atoms with Crippen LogP contribution in [0.2, 0.25) is 0 Å². The van der Waals surface area contributed by atoms with Gasteiger partial charge in [-0.15, -0.1) is 11.8 Å². The van der Waals surface area contributed by atoms with E-state index in [4.69, 9.17) is 0 Å². The summed E-state index contributed by atoms with van der Waals surface area (Å²) in [5.41, 5.74) is 1.38. The van der Waals surface area contributed by atoms with E-state index in [1.165, 1.54) is 0 Å². The van der Waals surface area contributed by atoms with Crippen LogP contribution in [0.4, 0.5) is 5.69 Å². The van der Waals surface area contributed by atoms with E-state index in [1.54, 1.807) is 11.8 Å². The largest absolute Gasteiger partial charge is 0.378 e. The summed E-state index contributed by atoms with van der Waals surface area (Å²) in [7, 11) is 0. The molecule has 1 amide bonds. The Hall–Kier alpha value is -0.520. The van der Waals surface area contributed by atoms with E-state index in [9.17, 15) is 9.90 Å².